The van der Waals surface area contributed by atoms with Gasteiger partial charge in [-0.05, 0) is 114 Å². The molecule has 0 amide bonds. The van der Waals surface area contributed by atoms with Crippen LogP contribution >= 0.6 is 0 Å². The van der Waals surface area contributed by atoms with Crippen molar-refractivity contribution in [2.75, 3.05) is 4.90 Å². The molecule has 0 bridgehead atoms. The number of aromatic nitrogens is 3. The number of benzene rings is 11. The van der Waals surface area contributed by atoms with Crippen LogP contribution in [-0.4, -0.2) is 13.7 Å². The predicted molar refractivity (Wildman–Crippen MR) is 295 cm³/mol. The number of fused-ring (bicyclic) bond motifs is 9. The highest BCUT2D eigenvalue weighted by molar-refractivity contribution is 6.15. The second-order valence-electron chi connectivity index (χ2n) is 18.1. The number of para-hydroxylation sites is 7. The maximum absolute atomic E-state index is 2.46. The molecule has 0 N–H and O–H groups in total. The van der Waals surface area contributed by atoms with E-state index in [0.717, 1.165) is 61.8 Å². The molecule has 11 aromatic carbocycles. The smallest absolute Gasteiger partial charge is 0.0619 e. The third-order valence-electron chi connectivity index (χ3n) is 14.2. The van der Waals surface area contributed by atoms with Crippen LogP contribution in [0.1, 0.15) is 0 Å². The fourth-order valence-electron chi connectivity index (χ4n) is 11.1. The van der Waals surface area contributed by atoms with Crippen LogP contribution < -0.4 is 4.90 Å². The highest BCUT2D eigenvalue weighted by atomic mass is 15.1. The summed E-state index contributed by atoms with van der Waals surface area (Å²) in [6, 6.07) is 97.4. The van der Waals surface area contributed by atoms with Gasteiger partial charge in [-0.1, -0.05) is 170 Å². The van der Waals surface area contributed by atoms with Gasteiger partial charge in [-0.2, -0.15) is 0 Å². The quantitative estimate of drug-likeness (QED) is 0.149. The molecule has 0 aliphatic carbocycles. The van der Waals surface area contributed by atoms with Gasteiger partial charge in [0.25, 0.3) is 0 Å². The van der Waals surface area contributed by atoms with E-state index in [1.165, 1.54) is 60.0 Å². The van der Waals surface area contributed by atoms with E-state index in [4.69, 9.17) is 0 Å². The van der Waals surface area contributed by atoms with E-state index in [9.17, 15) is 0 Å². The molecular formula is C66H44N4. The molecule has 0 atom stereocenters. The maximum atomic E-state index is 2.46. The van der Waals surface area contributed by atoms with Crippen molar-refractivity contribution in [3.8, 4) is 39.3 Å². The number of hydrogen-bond donors (Lipinski definition) is 0. The van der Waals surface area contributed by atoms with E-state index in [1.54, 1.807) is 0 Å². The van der Waals surface area contributed by atoms with Crippen LogP contribution in [-0.2, 0) is 0 Å². The van der Waals surface area contributed by atoms with E-state index in [2.05, 4.69) is 286 Å². The average Bonchev–Trinajstić information content (AvgIpc) is 4.08. The standard InChI is InChI=1S/C66H44N4/c1-4-19-45(20-5-1)46-35-37-50(38-36-46)67(51-39-40-65-60(44-51)58-28-13-16-33-63(58)68(65)48-21-6-2-7-22-48)52-41-47(42-53(43-52)69-61-31-14-10-25-55(61)56-26-11-15-32-62(56)69)54-29-18-30-59-57-27-12-17-34-64(57)70(66(54)59)49-23-8-3-9-24-49/h1-44H. The summed E-state index contributed by atoms with van der Waals surface area (Å²) >= 11 is 0. The molecule has 0 aliphatic heterocycles. The Hall–Kier alpha value is -9.38. The SMILES string of the molecule is c1ccc(-c2ccc(N(c3cc(-c4cccc5c6ccccc6n(-c6ccccc6)c45)cc(-n4c5ccccc5c5ccccc54)c3)c3ccc4c(c3)c3ccccc3n4-c3ccccc3)cc2)cc1. The number of anilines is 3. The molecule has 0 spiro atoms. The molecule has 70 heavy (non-hydrogen) atoms. The van der Waals surface area contributed by atoms with E-state index < -0.39 is 0 Å². The largest absolute Gasteiger partial charge is 0.310 e. The van der Waals surface area contributed by atoms with Crippen molar-refractivity contribution in [1.82, 2.24) is 13.7 Å². The normalized spacial score (nSPS) is 11.7. The number of rotatable bonds is 8. The minimum atomic E-state index is 1.05. The van der Waals surface area contributed by atoms with Gasteiger partial charge >= 0.3 is 0 Å². The van der Waals surface area contributed by atoms with Crippen LogP contribution in [0.15, 0.2) is 267 Å². The van der Waals surface area contributed by atoms with Gasteiger partial charge in [-0.3, -0.25) is 0 Å². The van der Waals surface area contributed by atoms with Crippen molar-refractivity contribution in [3.63, 3.8) is 0 Å². The molecule has 328 valence electrons. The van der Waals surface area contributed by atoms with Crippen molar-refractivity contribution in [1.29, 1.82) is 0 Å². The predicted octanol–water partition coefficient (Wildman–Crippen LogP) is 17.8. The molecule has 0 fully saturated rings. The van der Waals surface area contributed by atoms with E-state index in [1.807, 2.05) is 0 Å². The highest BCUT2D eigenvalue weighted by Crippen LogP contribution is 2.45. The van der Waals surface area contributed by atoms with Crippen molar-refractivity contribution >= 4 is 82.5 Å². The zero-order chi connectivity index (χ0) is 46.1. The van der Waals surface area contributed by atoms with E-state index in [0.29, 0.717) is 0 Å². The first-order chi connectivity index (χ1) is 34.7. The fourth-order valence-corrected chi connectivity index (χ4v) is 11.1. The number of nitrogens with zero attached hydrogens (tertiary/aromatic N) is 4. The summed E-state index contributed by atoms with van der Waals surface area (Å²) < 4.78 is 7.29. The molecule has 4 nitrogen and oxygen atoms in total. The minimum Gasteiger partial charge on any atom is -0.310 e. The number of hydrogen-bond acceptors (Lipinski definition) is 1. The Morgan fingerprint density at radius 1 is 0.229 bits per heavy atom. The van der Waals surface area contributed by atoms with E-state index >= 15 is 0 Å². The van der Waals surface area contributed by atoms with Crippen LogP contribution in [0.4, 0.5) is 17.1 Å². The summed E-state index contributed by atoms with van der Waals surface area (Å²) in [5.41, 5.74) is 18.2. The first-order valence-electron chi connectivity index (χ1n) is 24.0. The lowest BCUT2D eigenvalue weighted by Crippen LogP contribution is -2.11. The Morgan fingerprint density at radius 2 is 0.671 bits per heavy atom. The third kappa shape index (κ3) is 6.31. The van der Waals surface area contributed by atoms with Crippen molar-refractivity contribution in [2.24, 2.45) is 0 Å². The highest BCUT2D eigenvalue weighted by Gasteiger charge is 2.23. The van der Waals surface area contributed by atoms with Gasteiger partial charge < -0.3 is 18.6 Å². The lowest BCUT2D eigenvalue weighted by Gasteiger charge is -2.28. The van der Waals surface area contributed by atoms with Crippen LogP contribution in [0.3, 0.4) is 0 Å². The summed E-state index contributed by atoms with van der Waals surface area (Å²) in [5.74, 6) is 0. The lowest BCUT2D eigenvalue weighted by molar-refractivity contribution is 1.16. The molecular weight excluding hydrogens is 849 g/mol. The van der Waals surface area contributed by atoms with Gasteiger partial charge in [-0.15, -0.1) is 0 Å². The van der Waals surface area contributed by atoms with Gasteiger partial charge in [0.2, 0.25) is 0 Å². The average molecular weight is 893 g/mol. The van der Waals surface area contributed by atoms with Crippen molar-refractivity contribution in [3.05, 3.63) is 267 Å². The first kappa shape index (κ1) is 39.8. The minimum absolute atomic E-state index is 1.05. The topological polar surface area (TPSA) is 18.0 Å². The zero-order valence-electron chi connectivity index (χ0n) is 38.2. The summed E-state index contributed by atoms with van der Waals surface area (Å²) in [6.07, 6.45) is 0. The van der Waals surface area contributed by atoms with Crippen molar-refractivity contribution in [2.45, 2.75) is 0 Å². The van der Waals surface area contributed by atoms with Crippen LogP contribution in [0.2, 0.25) is 0 Å². The Morgan fingerprint density at radius 3 is 1.29 bits per heavy atom. The lowest BCUT2D eigenvalue weighted by atomic mass is 9.99. The molecule has 0 unspecified atom stereocenters. The Kier molecular flexibility index (Phi) is 9.17. The van der Waals surface area contributed by atoms with Crippen molar-refractivity contribution < 1.29 is 0 Å². The monoisotopic (exact) mass is 892 g/mol. The summed E-state index contributed by atoms with van der Waals surface area (Å²) in [7, 11) is 0. The molecule has 14 aromatic rings. The summed E-state index contributed by atoms with van der Waals surface area (Å²) in [4.78, 5) is 2.45. The molecule has 3 aromatic heterocycles. The van der Waals surface area contributed by atoms with Gasteiger partial charge in [0.05, 0.1) is 33.1 Å². The maximum Gasteiger partial charge on any atom is 0.0619 e. The van der Waals surface area contributed by atoms with E-state index in [-0.39, 0.29) is 0 Å². The molecule has 0 saturated heterocycles. The van der Waals surface area contributed by atoms with Gasteiger partial charge in [0.1, 0.15) is 0 Å². The van der Waals surface area contributed by atoms with Crippen LogP contribution in [0.5, 0.6) is 0 Å². The van der Waals surface area contributed by atoms with Crippen LogP contribution in [0, 0.1) is 0 Å². The summed E-state index contributed by atoms with van der Waals surface area (Å²) in [6.45, 7) is 0. The zero-order valence-corrected chi connectivity index (χ0v) is 38.2. The molecule has 0 saturated carbocycles. The molecule has 3 heterocycles. The Balaban J connectivity index is 1.08. The summed E-state index contributed by atoms with van der Waals surface area (Å²) in [5, 5.41) is 7.30. The molecule has 0 aliphatic rings. The molecule has 14 rings (SSSR count). The Labute approximate surface area is 405 Å². The van der Waals surface area contributed by atoms with Gasteiger partial charge in [0, 0.05) is 72.0 Å². The van der Waals surface area contributed by atoms with Gasteiger partial charge in [0.15, 0.2) is 0 Å². The first-order valence-corrected chi connectivity index (χ1v) is 24.0. The second kappa shape index (κ2) is 16.2. The molecule has 0 radical (unpaired) electrons. The fraction of sp³-hybridized carbons (Fsp3) is 0. The Bertz CT molecular complexity index is 4220. The van der Waals surface area contributed by atoms with Crippen LogP contribution in [0.25, 0.3) is 105 Å². The second-order valence-corrected chi connectivity index (χ2v) is 18.1. The third-order valence-corrected chi connectivity index (χ3v) is 14.2. The van der Waals surface area contributed by atoms with Gasteiger partial charge in [-0.25, -0.2) is 0 Å². The molecule has 4 heteroatoms.